The second kappa shape index (κ2) is 26.3. The van der Waals surface area contributed by atoms with Crippen LogP contribution in [-0.2, 0) is 31.4 Å². The molecule has 0 unspecified atom stereocenters. The molecule has 84 heavy (non-hydrogen) atoms. The highest BCUT2D eigenvalue weighted by atomic mass is 19.4. The normalized spacial score (nSPS) is 21.6. The topological polar surface area (TPSA) is 170 Å². The molecule has 4 aliphatic carbocycles. The lowest BCUT2D eigenvalue weighted by Crippen LogP contribution is -2.48. The molecule has 0 aromatic heterocycles. The highest BCUT2D eigenvalue weighted by Crippen LogP contribution is 2.55. The van der Waals surface area contributed by atoms with Crippen molar-refractivity contribution in [1.82, 2.24) is 10.6 Å². The largest absolute Gasteiger partial charge is 0.508 e. The Kier molecular flexibility index (Phi) is 19.4. The molecule has 0 saturated heterocycles. The fourth-order valence-electron chi connectivity index (χ4n) is 12.7. The molecular weight excluding hydrogens is 1110 g/mol. The summed E-state index contributed by atoms with van der Waals surface area (Å²) in [4.78, 5) is 68.2. The van der Waals surface area contributed by atoms with Gasteiger partial charge in [-0.3, -0.25) is 19.2 Å². The van der Waals surface area contributed by atoms with Crippen molar-refractivity contribution >= 4 is 53.3 Å². The Morgan fingerprint density at radius 2 is 0.917 bits per heavy atom. The Bertz CT molecular complexity index is 3080. The number of anilines is 2. The lowest BCUT2D eigenvalue weighted by Gasteiger charge is -2.30. The summed E-state index contributed by atoms with van der Waals surface area (Å²) in [6.07, 6.45) is 1.08. The molecule has 0 radical (unpaired) electrons. The summed E-state index contributed by atoms with van der Waals surface area (Å²) in [7, 11) is 2.83. The van der Waals surface area contributed by atoms with Gasteiger partial charge in [0.15, 0.2) is 0 Å². The number of halogens is 8. The van der Waals surface area contributed by atoms with Crippen LogP contribution < -0.4 is 30.7 Å². The Hall–Kier alpha value is -7.97. The van der Waals surface area contributed by atoms with Gasteiger partial charge in [0.2, 0.25) is 11.8 Å². The maximum Gasteiger partial charge on any atom is 0.508 e. The van der Waals surface area contributed by atoms with Crippen LogP contribution in [0, 0.1) is 47.1 Å². The van der Waals surface area contributed by atoms with Crippen molar-refractivity contribution in [2.45, 2.75) is 103 Å². The first kappa shape index (κ1) is 62.1. The third-order valence-electron chi connectivity index (χ3n) is 16.1. The van der Waals surface area contributed by atoms with E-state index in [1.165, 1.54) is 14.2 Å². The summed E-state index contributed by atoms with van der Waals surface area (Å²) in [5.41, 5.74) is 2.29. The van der Waals surface area contributed by atoms with Crippen LogP contribution in [-0.4, -0.2) is 69.3 Å². The molecule has 13 nitrogen and oxygen atoms in total. The number of ether oxygens (including phenoxy) is 4. The number of allylic oxidation sites excluding steroid dienone is 4. The summed E-state index contributed by atoms with van der Waals surface area (Å²) >= 11 is 0. The number of alkyl halides is 6. The first-order valence-electron chi connectivity index (χ1n) is 27.7. The molecule has 0 heterocycles. The summed E-state index contributed by atoms with van der Waals surface area (Å²) < 4.78 is 131. The van der Waals surface area contributed by atoms with Gasteiger partial charge in [-0.05, 0) is 163 Å². The van der Waals surface area contributed by atoms with Gasteiger partial charge in [0.05, 0.1) is 61.5 Å². The van der Waals surface area contributed by atoms with Crippen molar-refractivity contribution in [3.8, 4) is 11.5 Å². The van der Waals surface area contributed by atoms with Crippen LogP contribution in [0.4, 0.5) is 51.3 Å². The molecule has 21 heteroatoms. The lowest BCUT2D eigenvalue weighted by molar-refractivity contribution is -0.140. The third kappa shape index (κ3) is 14.0. The van der Waals surface area contributed by atoms with E-state index in [4.69, 9.17) is 18.9 Å². The second-order valence-electron chi connectivity index (χ2n) is 21.9. The summed E-state index contributed by atoms with van der Waals surface area (Å²) in [6.45, 7) is 7.82. The van der Waals surface area contributed by atoms with Crippen molar-refractivity contribution < 1.29 is 78.0 Å². The first-order chi connectivity index (χ1) is 39.9. The van der Waals surface area contributed by atoms with Crippen molar-refractivity contribution in [3.05, 3.63) is 152 Å². The summed E-state index contributed by atoms with van der Waals surface area (Å²) in [6, 6.07) is 13.2. The van der Waals surface area contributed by atoms with Gasteiger partial charge >= 0.3 is 18.5 Å². The van der Waals surface area contributed by atoms with Gasteiger partial charge < -0.3 is 40.2 Å². The van der Waals surface area contributed by atoms with Crippen LogP contribution >= 0.6 is 0 Å². The van der Waals surface area contributed by atoms with Crippen LogP contribution in [0.1, 0.15) is 122 Å². The third-order valence-corrected chi connectivity index (χ3v) is 16.1. The molecular formula is C63H66F8N4O9. The number of fused-ring (bicyclic) bond motifs is 4. The fraction of sp³-hybridized carbons (Fsp3) is 0.413. The molecule has 8 rings (SSSR count). The van der Waals surface area contributed by atoms with E-state index in [9.17, 15) is 59.1 Å². The average molecular weight is 1180 g/mol. The Balaban J connectivity index is 0.789. The van der Waals surface area contributed by atoms with Gasteiger partial charge in [0, 0.05) is 35.3 Å². The Morgan fingerprint density at radius 3 is 1.27 bits per heavy atom. The average Bonchev–Trinajstić information content (AvgIpc) is 4.28. The van der Waals surface area contributed by atoms with Crippen LogP contribution in [0.15, 0.2) is 107 Å². The number of carbonyl (C=O) groups is 5. The molecule has 8 atom stereocenters. The zero-order valence-electron chi connectivity index (χ0n) is 47.1. The molecule has 4 bridgehead atoms. The molecule has 4 aliphatic rings. The number of nitrogens with one attached hydrogen (secondary N) is 4. The van der Waals surface area contributed by atoms with E-state index >= 15 is 0 Å². The number of hydrogen-bond donors (Lipinski definition) is 4. The van der Waals surface area contributed by atoms with E-state index < -0.39 is 88.8 Å². The predicted molar refractivity (Wildman–Crippen MR) is 299 cm³/mol. The summed E-state index contributed by atoms with van der Waals surface area (Å²) in [5, 5.41) is 11.2. The highest BCUT2D eigenvalue weighted by Gasteiger charge is 2.56. The van der Waals surface area contributed by atoms with Gasteiger partial charge in [0.1, 0.15) is 23.1 Å². The van der Waals surface area contributed by atoms with Crippen molar-refractivity contribution in [3.63, 3.8) is 0 Å². The fourth-order valence-corrected chi connectivity index (χ4v) is 12.7. The smallest absolute Gasteiger partial charge is 0.496 e. The molecule has 4 fully saturated rings. The van der Waals surface area contributed by atoms with Gasteiger partial charge in [0.25, 0.3) is 11.8 Å². The Morgan fingerprint density at radius 1 is 0.536 bits per heavy atom. The van der Waals surface area contributed by atoms with Gasteiger partial charge in [-0.25, -0.2) is 13.6 Å². The Labute approximate surface area is 481 Å². The maximum absolute atomic E-state index is 14.1. The predicted octanol–water partition coefficient (Wildman–Crippen LogP) is 13.9. The summed E-state index contributed by atoms with van der Waals surface area (Å²) in [5.74, 6) is -7.10. The monoisotopic (exact) mass is 1170 g/mol. The molecule has 0 spiro atoms. The van der Waals surface area contributed by atoms with E-state index in [0.29, 0.717) is 86.8 Å². The quantitative estimate of drug-likeness (QED) is 0.0291. The SMILES string of the molecule is COc1ccc(/C=C/CCCOC(=O)OCCC/C=C/c2ccc(OC)c(C(=O)N[C@H]3[C@@H](C(=O)Nc4ccc(F)c(C(F)(F)F)c4)[C@H]4CC[C@@H]3C4=C(C)C)c2)cc1C(=O)N[C@H]1[C@@H](C(=O)Nc2ccc(F)c(C(F)(F)F)c2)[C@H]2CC[C@@H]1C2=C(C)C. The minimum atomic E-state index is -4.97. The van der Waals surface area contributed by atoms with E-state index in [-0.39, 0.29) is 70.9 Å². The number of rotatable bonds is 20. The van der Waals surface area contributed by atoms with E-state index in [1.807, 2.05) is 39.8 Å². The molecule has 4 saturated carbocycles. The number of hydrogen-bond acceptors (Lipinski definition) is 9. The zero-order valence-corrected chi connectivity index (χ0v) is 47.1. The number of carbonyl (C=O) groups excluding carboxylic acids is 5. The van der Waals surface area contributed by atoms with Gasteiger partial charge in [-0.1, -0.05) is 58.7 Å². The molecule has 0 aliphatic heterocycles. The molecule has 4 aromatic rings. The first-order valence-corrected chi connectivity index (χ1v) is 27.7. The van der Waals surface area contributed by atoms with Gasteiger partial charge in [-0.2, -0.15) is 26.3 Å². The van der Waals surface area contributed by atoms with E-state index in [0.717, 1.165) is 34.4 Å². The minimum absolute atomic E-state index is 0.0669. The lowest BCUT2D eigenvalue weighted by atomic mass is 9.83. The second-order valence-corrected chi connectivity index (χ2v) is 21.9. The number of benzene rings is 4. The van der Waals surface area contributed by atoms with Gasteiger partial charge in [-0.15, -0.1) is 0 Å². The van der Waals surface area contributed by atoms with Crippen LogP contribution in [0.25, 0.3) is 12.2 Å². The number of amides is 4. The van der Waals surface area contributed by atoms with Crippen LogP contribution in [0.3, 0.4) is 0 Å². The van der Waals surface area contributed by atoms with Crippen LogP contribution in [0.5, 0.6) is 11.5 Å². The van der Waals surface area contributed by atoms with Crippen molar-refractivity contribution in [2.24, 2.45) is 35.5 Å². The molecule has 4 aromatic carbocycles. The maximum atomic E-state index is 14.1. The van der Waals surface area contributed by atoms with E-state index in [1.54, 1.807) is 48.6 Å². The molecule has 4 N–H and O–H groups in total. The highest BCUT2D eigenvalue weighted by molar-refractivity contribution is 6.01. The minimum Gasteiger partial charge on any atom is -0.496 e. The molecule has 448 valence electrons. The zero-order chi connectivity index (χ0) is 60.8. The number of methoxy groups -OCH3 is 2. The van der Waals surface area contributed by atoms with Crippen molar-refractivity contribution in [2.75, 3.05) is 38.1 Å². The van der Waals surface area contributed by atoms with Crippen LogP contribution in [0.2, 0.25) is 0 Å². The van der Waals surface area contributed by atoms with E-state index in [2.05, 4.69) is 21.3 Å². The number of unbranched alkanes of at least 4 members (excludes halogenated alkanes) is 2. The van der Waals surface area contributed by atoms with Crippen molar-refractivity contribution in [1.29, 1.82) is 0 Å². The molecule has 4 amide bonds. The standard InChI is InChI=1S/C63H66F8N4O9/c1-33(2)51-39-19-21-41(51)55(53(39)59(78)72-37-17-23-47(64)45(31-37)62(66,67)68)74-57(76)43-29-35(15-25-49(43)81-5)13-9-7-11-27-83-61(80)84-28-12-8-10-14-36-16-26-50(82-6)44(30-36)58(77)75-56-42-22-20-40(52(42)34(3)4)54(56)60(79)73-38-18-24-48(65)46(32-38)63(69,70)71/h9-10,13-18,23-26,29-32,39-42,53-56H,7-8,11-12,19-22,27-28H2,1-6H3,(H,72,78)(H,73,79)(H,74,76)(H,75,77)/b13-9+,14-10+/t39-,40-,41+,42+,53-,54-,55+,56+/m0/s1.